The lowest BCUT2D eigenvalue weighted by Crippen LogP contribution is -2.13. The molecule has 0 spiro atoms. The van der Waals surface area contributed by atoms with E-state index in [1.54, 1.807) is 6.07 Å². The fourth-order valence-corrected chi connectivity index (χ4v) is 3.52. The summed E-state index contributed by atoms with van der Waals surface area (Å²) in [5.74, 6) is 0. The minimum Gasteiger partial charge on any atom is -0.340 e. The summed E-state index contributed by atoms with van der Waals surface area (Å²) in [7, 11) is 0. The van der Waals surface area contributed by atoms with Crippen LogP contribution in [0.5, 0.6) is 0 Å². The average molecular weight is 359 g/mol. The lowest BCUT2D eigenvalue weighted by molar-refractivity contribution is 0.740. The molecule has 2 nitrogen and oxygen atoms in total. The molecule has 124 valence electrons. The van der Waals surface area contributed by atoms with Gasteiger partial charge in [0, 0.05) is 46.3 Å². The number of hydrogen-bond donors (Lipinski definition) is 1. The highest BCUT2D eigenvalue weighted by molar-refractivity contribution is 6.35. The van der Waals surface area contributed by atoms with E-state index in [2.05, 4.69) is 47.7 Å². The van der Waals surface area contributed by atoms with Gasteiger partial charge in [0.1, 0.15) is 0 Å². The van der Waals surface area contributed by atoms with Gasteiger partial charge in [0.05, 0.1) is 0 Å². The maximum absolute atomic E-state index is 6.37. The van der Waals surface area contributed by atoms with Gasteiger partial charge in [-0.25, -0.2) is 0 Å². The first kappa shape index (κ1) is 17.1. The first-order valence-corrected chi connectivity index (χ1v) is 8.69. The van der Waals surface area contributed by atoms with Gasteiger partial charge in [0.2, 0.25) is 0 Å². The normalized spacial score (nSPS) is 11.1. The summed E-state index contributed by atoms with van der Waals surface area (Å²) in [6.45, 7) is 8.26. The fraction of sp³-hybridized carbons (Fsp3) is 0.200. The number of hydrogen-bond acceptors (Lipinski definition) is 1. The molecule has 0 amide bonds. The Balaban J connectivity index is 2.03. The highest BCUT2D eigenvalue weighted by Crippen LogP contribution is 2.29. The number of rotatable bonds is 6. The van der Waals surface area contributed by atoms with Crippen LogP contribution in [0.25, 0.3) is 10.9 Å². The Morgan fingerprint density at radius 2 is 1.96 bits per heavy atom. The van der Waals surface area contributed by atoms with E-state index >= 15 is 0 Å². The van der Waals surface area contributed by atoms with Crippen molar-refractivity contribution in [3.63, 3.8) is 0 Å². The molecule has 0 saturated carbocycles. The molecule has 0 bridgehead atoms. The number of aromatic nitrogens is 1. The zero-order chi connectivity index (χ0) is 17.1. The monoisotopic (exact) mass is 358 g/mol. The Morgan fingerprint density at radius 1 is 1.17 bits per heavy atom. The number of fused-ring (bicyclic) bond motifs is 1. The third-order valence-corrected chi connectivity index (χ3v) is 4.88. The molecule has 0 saturated heterocycles. The van der Waals surface area contributed by atoms with E-state index < -0.39 is 0 Å². The van der Waals surface area contributed by atoms with Crippen LogP contribution in [0.3, 0.4) is 0 Å². The minimum atomic E-state index is 0.659. The molecule has 0 aliphatic rings. The molecule has 0 fully saturated rings. The van der Waals surface area contributed by atoms with Crippen molar-refractivity contribution in [3.8, 4) is 0 Å². The number of nitrogens with zero attached hydrogens (tertiary/aromatic N) is 1. The average Bonchev–Trinajstić information content (AvgIpc) is 2.83. The van der Waals surface area contributed by atoms with Gasteiger partial charge in [-0.2, -0.15) is 0 Å². The Hall–Kier alpha value is -1.74. The number of halogens is 2. The van der Waals surface area contributed by atoms with Crippen molar-refractivity contribution in [1.29, 1.82) is 0 Å². The van der Waals surface area contributed by atoms with Crippen molar-refractivity contribution in [2.24, 2.45) is 0 Å². The largest absolute Gasteiger partial charge is 0.340 e. The Labute approximate surface area is 152 Å². The smallest absolute Gasteiger partial charge is 0.0493 e. The van der Waals surface area contributed by atoms with Gasteiger partial charge in [0.15, 0.2) is 0 Å². The van der Waals surface area contributed by atoms with E-state index in [-0.39, 0.29) is 0 Å². The molecule has 2 aromatic carbocycles. The molecule has 0 aliphatic carbocycles. The molecule has 24 heavy (non-hydrogen) atoms. The molecule has 1 heterocycles. The Kier molecular flexibility index (Phi) is 5.30. The van der Waals surface area contributed by atoms with Gasteiger partial charge in [-0.15, -0.1) is 6.58 Å². The summed E-state index contributed by atoms with van der Waals surface area (Å²) < 4.78 is 2.31. The molecule has 3 aromatic rings. The van der Waals surface area contributed by atoms with Gasteiger partial charge < -0.3 is 9.88 Å². The predicted octanol–water partition coefficient (Wildman–Crippen LogP) is 5.58. The molecule has 0 radical (unpaired) electrons. The quantitative estimate of drug-likeness (QED) is 0.449. The summed E-state index contributed by atoms with van der Waals surface area (Å²) in [4.78, 5) is 0. The van der Waals surface area contributed by atoms with Crippen molar-refractivity contribution in [2.45, 2.75) is 20.0 Å². The van der Waals surface area contributed by atoms with Crippen LogP contribution in [0.1, 0.15) is 16.8 Å². The van der Waals surface area contributed by atoms with Crippen LogP contribution < -0.4 is 5.32 Å². The summed E-state index contributed by atoms with van der Waals surface area (Å²) in [6, 6.07) is 14.2. The van der Waals surface area contributed by atoms with Gasteiger partial charge in [0.25, 0.3) is 0 Å². The molecule has 4 heteroatoms. The molecule has 0 atom stereocenters. The van der Waals surface area contributed by atoms with Crippen molar-refractivity contribution in [1.82, 2.24) is 9.88 Å². The van der Waals surface area contributed by atoms with E-state index in [1.807, 2.05) is 18.2 Å². The first-order valence-electron chi connectivity index (χ1n) is 7.94. The zero-order valence-corrected chi connectivity index (χ0v) is 15.2. The lowest BCUT2D eigenvalue weighted by atomic mass is 10.1. The standard InChI is InChI=1S/C20H20Cl2N2/c1-3-10-23-12-18-14(2)24(20-7-5-4-6-17(18)20)13-15-8-9-16(21)11-19(15)22/h3-9,11,23H,1,10,12-13H2,2H3. The van der Waals surface area contributed by atoms with Crippen molar-refractivity contribution >= 4 is 34.1 Å². The second-order valence-electron chi connectivity index (χ2n) is 5.82. The van der Waals surface area contributed by atoms with E-state index in [0.717, 1.165) is 25.2 Å². The van der Waals surface area contributed by atoms with Gasteiger partial charge >= 0.3 is 0 Å². The summed E-state index contributed by atoms with van der Waals surface area (Å²) in [5.41, 5.74) is 4.85. The summed E-state index contributed by atoms with van der Waals surface area (Å²) >= 11 is 12.4. The minimum absolute atomic E-state index is 0.659. The highest BCUT2D eigenvalue weighted by atomic mass is 35.5. The second kappa shape index (κ2) is 7.43. The maximum Gasteiger partial charge on any atom is 0.0493 e. The third-order valence-electron chi connectivity index (χ3n) is 4.30. The van der Waals surface area contributed by atoms with E-state index in [0.29, 0.717) is 10.0 Å². The van der Waals surface area contributed by atoms with Crippen LogP contribution in [-0.4, -0.2) is 11.1 Å². The number of para-hydroxylation sites is 1. The molecule has 3 rings (SSSR count). The topological polar surface area (TPSA) is 17.0 Å². The SMILES string of the molecule is C=CCNCc1c(C)n(Cc2ccc(Cl)cc2Cl)c2ccccc12. The number of benzene rings is 2. The van der Waals surface area contributed by atoms with Crippen molar-refractivity contribution in [3.05, 3.63) is 82.0 Å². The number of nitrogens with one attached hydrogen (secondary N) is 1. The van der Waals surface area contributed by atoms with Gasteiger partial charge in [-0.3, -0.25) is 0 Å². The van der Waals surface area contributed by atoms with Crippen LogP contribution in [0.4, 0.5) is 0 Å². The zero-order valence-electron chi connectivity index (χ0n) is 13.7. The van der Waals surface area contributed by atoms with E-state index in [4.69, 9.17) is 23.2 Å². The summed E-state index contributed by atoms with van der Waals surface area (Å²) in [6.07, 6.45) is 1.88. The van der Waals surface area contributed by atoms with Crippen molar-refractivity contribution in [2.75, 3.05) is 6.54 Å². The van der Waals surface area contributed by atoms with Crippen LogP contribution in [-0.2, 0) is 13.1 Å². The van der Waals surface area contributed by atoms with Crippen LogP contribution in [0.2, 0.25) is 10.0 Å². The van der Waals surface area contributed by atoms with Crippen LogP contribution in [0.15, 0.2) is 55.1 Å². The van der Waals surface area contributed by atoms with Crippen LogP contribution >= 0.6 is 23.2 Å². The maximum atomic E-state index is 6.37. The fourth-order valence-electron chi connectivity index (χ4n) is 3.05. The molecular formula is C20H20Cl2N2. The Morgan fingerprint density at radius 3 is 2.71 bits per heavy atom. The molecule has 1 N–H and O–H groups in total. The third kappa shape index (κ3) is 3.36. The predicted molar refractivity (Wildman–Crippen MR) is 104 cm³/mol. The van der Waals surface area contributed by atoms with Crippen LogP contribution in [0, 0.1) is 6.92 Å². The van der Waals surface area contributed by atoms with E-state index in [9.17, 15) is 0 Å². The summed E-state index contributed by atoms with van der Waals surface area (Å²) in [5, 5.41) is 6.04. The molecular weight excluding hydrogens is 339 g/mol. The van der Waals surface area contributed by atoms with Gasteiger partial charge in [-0.05, 0) is 36.2 Å². The molecule has 1 aromatic heterocycles. The lowest BCUT2D eigenvalue weighted by Gasteiger charge is -2.11. The van der Waals surface area contributed by atoms with E-state index in [1.165, 1.54) is 22.2 Å². The van der Waals surface area contributed by atoms with Crippen molar-refractivity contribution < 1.29 is 0 Å². The second-order valence-corrected chi connectivity index (χ2v) is 6.67. The first-order chi connectivity index (χ1) is 11.6. The van der Waals surface area contributed by atoms with Gasteiger partial charge in [-0.1, -0.05) is 53.5 Å². The molecule has 0 aliphatic heterocycles. The Bertz CT molecular complexity index is 881. The molecule has 0 unspecified atom stereocenters. The highest BCUT2D eigenvalue weighted by Gasteiger charge is 2.14.